The lowest BCUT2D eigenvalue weighted by molar-refractivity contribution is 0.271. The molecule has 0 fully saturated rings. The summed E-state index contributed by atoms with van der Waals surface area (Å²) in [6.45, 7) is 31.2. The number of hydrogen-bond acceptors (Lipinski definition) is 1. The van der Waals surface area contributed by atoms with Gasteiger partial charge in [0, 0.05) is 0 Å². The lowest BCUT2D eigenvalue weighted by Gasteiger charge is -2.21. The molecule has 0 rings (SSSR count). The zero-order valence-electron chi connectivity index (χ0n) is 25.6. The molecule has 208 valence electrons. The van der Waals surface area contributed by atoms with Crippen LogP contribution in [0.3, 0.4) is 0 Å². The van der Waals surface area contributed by atoms with E-state index in [0.717, 1.165) is 5.92 Å². The smallest absolute Gasteiger partial charge is 0.00188 e. The first-order valence-corrected chi connectivity index (χ1v) is 15.3. The third-order valence-electron chi connectivity index (χ3n) is 7.88. The van der Waals surface area contributed by atoms with Crippen molar-refractivity contribution in [3.05, 3.63) is 37.0 Å². The zero-order valence-corrected chi connectivity index (χ0v) is 25.6. The molecule has 0 aromatic carbocycles. The van der Waals surface area contributed by atoms with Crippen LogP contribution in [-0.2, 0) is 0 Å². The summed E-state index contributed by atoms with van der Waals surface area (Å²) in [6, 6.07) is 0. The van der Waals surface area contributed by atoms with Crippen molar-refractivity contribution in [1.29, 1.82) is 0 Å². The Balaban J connectivity index is 0. The van der Waals surface area contributed by atoms with Crippen molar-refractivity contribution in [3.8, 4) is 0 Å². The van der Waals surface area contributed by atoms with E-state index < -0.39 is 0 Å². The molecule has 0 N–H and O–H groups in total. The average Bonchev–Trinajstić information content (AvgIpc) is 2.83. The first-order valence-electron chi connectivity index (χ1n) is 15.3. The third kappa shape index (κ3) is 26.1. The van der Waals surface area contributed by atoms with Gasteiger partial charge in [-0.25, -0.2) is 0 Å². The van der Waals surface area contributed by atoms with E-state index in [-0.39, 0.29) is 0 Å². The van der Waals surface area contributed by atoms with Gasteiger partial charge in [0.25, 0.3) is 0 Å². The summed E-state index contributed by atoms with van der Waals surface area (Å²) in [6.07, 6.45) is 22.5. The molecule has 0 amide bonds. The van der Waals surface area contributed by atoms with E-state index in [0.29, 0.717) is 11.8 Å². The Morgan fingerprint density at radius 2 is 1.11 bits per heavy atom. The second-order valence-corrected chi connectivity index (χ2v) is 11.4. The van der Waals surface area contributed by atoms with E-state index in [2.05, 4.69) is 73.1 Å². The van der Waals surface area contributed by atoms with Crippen molar-refractivity contribution in [2.45, 2.75) is 145 Å². The summed E-state index contributed by atoms with van der Waals surface area (Å²) in [5.41, 5.74) is 2.63. The average molecular weight is 490 g/mol. The van der Waals surface area contributed by atoms with Crippen LogP contribution in [-0.4, -0.2) is 24.5 Å². The van der Waals surface area contributed by atoms with Crippen molar-refractivity contribution >= 4 is 0 Å². The SMILES string of the molecule is C=C(C)C(C)CC.C=CCCCCCCCC(C)CCCCCN(CC)CCCCC(C)C(=C)C. The summed E-state index contributed by atoms with van der Waals surface area (Å²) >= 11 is 0. The van der Waals surface area contributed by atoms with Crippen LogP contribution in [0, 0.1) is 17.8 Å². The Bertz CT molecular complexity index is 491. The van der Waals surface area contributed by atoms with Crippen LogP contribution >= 0.6 is 0 Å². The largest absolute Gasteiger partial charge is 0.304 e. The van der Waals surface area contributed by atoms with Gasteiger partial charge in [0.2, 0.25) is 0 Å². The Hall–Kier alpha value is -0.820. The molecule has 3 unspecified atom stereocenters. The van der Waals surface area contributed by atoms with Crippen molar-refractivity contribution < 1.29 is 0 Å². The predicted molar refractivity (Wildman–Crippen MR) is 164 cm³/mol. The molecule has 0 bridgehead atoms. The van der Waals surface area contributed by atoms with E-state index in [1.807, 2.05) is 6.08 Å². The van der Waals surface area contributed by atoms with Gasteiger partial charge >= 0.3 is 0 Å². The molecule has 3 atom stereocenters. The quantitative estimate of drug-likeness (QED) is 0.102. The fourth-order valence-corrected chi connectivity index (χ4v) is 4.27. The lowest BCUT2D eigenvalue weighted by Crippen LogP contribution is -2.25. The van der Waals surface area contributed by atoms with Crippen molar-refractivity contribution in [2.75, 3.05) is 19.6 Å². The van der Waals surface area contributed by atoms with Crippen molar-refractivity contribution in [2.24, 2.45) is 17.8 Å². The highest BCUT2D eigenvalue weighted by Gasteiger charge is 2.06. The minimum atomic E-state index is 0.689. The maximum absolute atomic E-state index is 4.08. The van der Waals surface area contributed by atoms with E-state index in [9.17, 15) is 0 Å². The summed E-state index contributed by atoms with van der Waals surface area (Å²) in [4.78, 5) is 2.65. The monoisotopic (exact) mass is 490 g/mol. The fraction of sp³-hybridized carbons (Fsp3) is 0.824. The molecule has 1 nitrogen and oxygen atoms in total. The van der Waals surface area contributed by atoms with E-state index >= 15 is 0 Å². The molecule has 0 radical (unpaired) electrons. The Morgan fingerprint density at radius 3 is 1.57 bits per heavy atom. The lowest BCUT2D eigenvalue weighted by atomic mass is 9.96. The molecule has 0 aliphatic rings. The molecule has 0 saturated heterocycles. The van der Waals surface area contributed by atoms with Gasteiger partial charge in [-0.2, -0.15) is 0 Å². The van der Waals surface area contributed by atoms with Crippen LogP contribution in [0.15, 0.2) is 37.0 Å². The minimum Gasteiger partial charge on any atom is -0.304 e. The molecule has 0 aliphatic heterocycles. The van der Waals surface area contributed by atoms with Gasteiger partial charge in [0.15, 0.2) is 0 Å². The number of hydrogen-bond donors (Lipinski definition) is 0. The molecule has 35 heavy (non-hydrogen) atoms. The first-order chi connectivity index (χ1) is 16.7. The maximum Gasteiger partial charge on any atom is -0.00188 e. The highest BCUT2D eigenvalue weighted by Crippen LogP contribution is 2.18. The van der Waals surface area contributed by atoms with E-state index in [4.69, 9.17) is 0 Å². The normalized spacial score (nSPS) is 13.6. The molecular formula is C34H67N. The number of allylic oxidation sites excluding steroid dienone is 3. The second-order valence-electron chi connectivity index (χ2n) is 11.4. The Labute approximate surface area is 223 Å². The summed E-state index contributed by atoms with van der Waals surface area (Å²) < 4.78 is 0. The maximum atomic E-state index is 4.08. The minimum absolute atomic E-state index is 0.689. The molecule has 0 spiro atoms. The standard InChI is InChI=1S/C27H53N.C7H14/c1-7-9-10-11-12-13-15-20-26(5)21-16-14-18-23-28(8-2)24-19-17-22-27(6)25(3)4;1-5-7(4)6(2)3/h7,26-27H,1,3,8-24H2,2,4-6H3;7H,2,5H2,1,3-4H3. The van der Waals surface area contributed by atoms with Gasteiger partial charge in [0.1, 0.15) is 0 Å². The Morgan fingerprint density at radius 1 is 0.657 bits per heavy atom. The molecule has 0 heterocycles. The highest BCUT2D eigenvalue weighted by atomic mass is 15.1. The highest BCUT2D eigenvalue weighted by molar-refractivity contribution is 4.93. The van der Waals surface area contributed by atoms with Crippen LogP contribution in [0.4, 0.5) is 0 Å². The van der Waals surface area contributed by atoms with Gasteiger partial charge < -0.3 is 4.90 Å². The molecule has 1 heteroatoms. The summed E-state index contributed by atoms with van der Waals surface area (Å²) in [5.74, 6) is 2.32. The van der Waals surface area contributed by atoms with Crippen LogP contribution in [0.1, 0.15) is 145 Å². The summed E-state index contributed by atoms with van der Waals surface area (Å²) in [5, 5.41) is 0. The van der Waals surface area contributed by atoms with Crippen LogP contribution in [0.2, 0.25) is 0 Å². The van der Waals surface area contributed by atoms with Crippen LogP contribution in [0.25, 0.3) is 0 Å². The number of nitrogens with zero attached hydrogens (tertiary/aromatic N) is 1. The van der Waals surface area contributed by atoms with Gasteiger partial charge in [0.05, 0.1) is 0 Å². The van der Waals surface area contributed by atoms with Crippen molar-refractivity contribution in [3.63, 3.8) is 0 Å². The van der Waals surface area contributed by atoms with Gasteiger partial charge in [-0.1, -0.05) is 123 Å². The van der Waals surface area contributed by atoms with Crippen LogP contribution < -0.4 is 0 Å². The van der Waals surface area contributed by atoms with E-state index in [1.54, 1.807) is 0 Å². The van der Waals surface area contributed by atoms with Crippen LogP contribution in [0.5, 0.6) is 0 Å². The predicted octanol–water partition coefficient (Wildman–Crippen LogP) is 11.4. The van der Waals surface area contributed by atoms with E-state index in [1.165, 1.54) is 127 Å². The van der Waals surface area contributed by atoms with Gasteiger partial charge in [-0.15, -0.1) is 6.58 Å². The Kier molecular flexibility index (Phi) is 27.3. The fourth-order valence-electron chi connectivity index (χ4n) is 4.27. The number of unbranched alkanes of at least 4 members (excludes halogenated alkanes) is 8. The molecular weight excluding hydrogens is 422 g/mol. The zero-order chi connectivity index (χ0) is 26.9. The van der Waals surface area contributed by atoms with Crippen molar-refractivity contribution in [1.82, 2.24) is 4.90 Å². The molecule has 0 aromatic rings. The third-order valence-corrected chi connectivity index (χ3v) is 7.88. The molecule has 0 saturated carbocycles. The summed E-state index contributed by atoms with van der Waals surface area (Å²) in [7, 11) is 0. The molecule has 0 aliphatic carbocycles. The topological polar surface area (TPSA) is 3.24 Å². The second kappa shape index (κ2) is 26.2. The van der Waals surface area contributed by atoms with Gasteiger partial charge in [-0.3, -0.25) is 0 Å². The van der Waals surface area contributed by atoms with Gasteiger partial charge in [-0.05, 0) is 89.8 Å². The molecule has 0 aromatic heterocycles. The number of rotatable bonds is 23. The first kappa shape index (κ1) is 36.3.